The maximum atomic E-state index is 8.66. The SMILES string of the molecule is CN(CC#N)c1cc(NCc2ccccn2)ncn1. The summed E-state index contributed by atoms with van der Waals surface area (Å²) in [6.07, 6.45) is 3.23. The topological polar surface area (TPSA) is 77.7 Å². The Morgan fingerprint density at radius 1 is 1.32 bits per heavy atom. The molecule has 0 spiro atoms. The maximum absolute atomic E-state index is 8.66. The highest BCUT2D eigenvalue weighted by Crippen LogP contribution is 2.12. The Hall–Kier alpha value is -2.68. The van der Waals surface area contributed by atoms with Gasteiger partial charge in [-0.3, -0.25) is 4.98 Å². The molecule has 0 aliphatic rings. The van der Waals surface area contributed by atoms with E-state index in [4.69, 9.17) is 5.26 Å². The van der Waals surface area contributed by atoms with E-state index < -0.39 is 0 Å². The van der Waals surface area contributed by atoms with Gasteiger partial charge in [0.05, 0.1) is 18.3 Å². The number of anilines is 2. The van der Waals surface area contributed by atoms with Gasteiger partial charge in [0.15, 0.2) is 0 Å². The smallest absolute Gasteiger partial charge is 0.134 e. The van der Waals surface area contributed by atoms with Crippen LogP contribution in [0.5, 0.6) is 0 Å². The summed E-state index contributed by atoms with van der Waals surface area (Å²) in [5, 5.41) is 11.8. The molecule has 2 aromatic heterocycles. The molecule has 2 heterocycles. The van der Waals surface area contributed by atoms with Gasteiger partial charge in [0.1, 0.15) is 24.5 Å². The lowest BCUT2D eigenvalue weighted by Gasteiger charge is -2.14. The lowest BCUT2D eigenvalue weighted by Crippen LogP contribution is -2.18. The molecule has 19 heavy (non-hydrogen) atoms. The Morgan fingerprint density at radius 2 is 2.21 bits per heavy atom. The van der Waals surface area contributed by atoms with Crippen LogP contribution in [-0.4, -0.2) is 28.5 Å². The molecule has 0 saturated heterocycles. The zero-order valence-electron chi connectivity index (χ0n) is 10.6. The number of nitrogens with zero attached hydrogens (tertiary/aromatic N) is 5. The van der Waals surface area contributed by atoms with E-state index in [1.54, 1.807) is 17.2 Å². The van der Waals surface area contributed by atoms with Crippen molar-refractivity contribution in [3.8, 4) is 6.07 Å². The molecule has 96 valence electrons. The van der Waals surface area contributed by atoms with Crippen molar-refractivity contribution in [3.05, 3.63) is 42.5 Å². The number of nitriles is 1. The zero-order chi connectivity index (χ0) is 13.5. The first-order valence-electron chi connectivity index (χ1n) is 5.83. The minimum atomic E-state index is 0.288. The monoisotopic (exact) mass is 254 g/mol. The summed E-state index contributed by atoms with van der Waals surface area (Å²) in [5.74, 6) is 1.42. The summed E-state index contributed by atoms with van der Waals surface area (Å²) in [7, 11) is 1.81. The molecule has 0 amide bonds. The van der Waals surface area contributed by atoms with E-state index in [1.165, 1.54) is 6.33 Å². The fourth-order valence-corrected chi connectivity index (χ4v) is 1.52. The molecule has 0 aromatic carbocycles. The lowest BCUT2D eigenvalue weighted by molar-refractivity contribution is 0.968. The Morgan fingerprint density at radius 3 is 2.95 bits per heavy atom. The van der Waals surface area contributed by atoms with Crippen LogP contribution >= 0.6 is 0 Å². The highest BCUT2D eigenvalue weighted by molar-refractivity contribution is 5.48. The van der Waals surface area contributed by atoms with Crippen molar-refractivity contribution in [2.75, 3.05) is 23.8 Å². The average molecular weight is 254 g/mol. The highest BCUT2D eigenvalue weighted by atomic mass is 15.2. The standard InChI is InChI=1S/C13H14N6/c1-19(7-5-14)13-8-12(17-10-18-13)16-9-11-4-2-3-6-15-11/h2-4,6,8,10H,7,9H2,1H3,(H,16,17,18). The summed E-state index contributed by atoms with van der Waals surface area (Å²) in [6.45, 7) is 0.885. The third-order valence-corrected chi connectivity index (χ3v) is 2.53. The normalized spacial score (nSPS) is 9.68. The number of aromatic nitrogens is 3. The Labute approximate surface area is 111 Å². The Balaban J connectivity index is 2.01. The van der Waals surface area contributed by atoms with Crippen molar-refractivity contribution in [2.24, 2.45) is 0 Å². The Kier molecular flexibility index (Phi) is 4.24. The minimum absolute atomic E-state index is 0.288. The molecule has 0 bridgehead atoms. The lowest BCUT2D eigenvalue weighted by atomic mass is 10.3. The maximum Gasteiger partial charge on any atom is 0.134 e. The summed E-state index contributed by atoms with van der Waals surface area (Å²) in [6, 6.07) is 9.64. The summed E-state index contributed by atoms with van der Waals surface area (Å²) in [4.78, 5) is 14.2. The second kappa shape index (κ2) is 6.31. The molecule has 0 saturated carbocycles. The van der Waals surface area contributed by atoms with Gasteiger partial charge in [-0.2, -0.15) is 5.26 Å². The molecule has 0 aliphatic heterocycles. The van der Waals surface area contributed by atoms with Crippen molar-refractivity contribution in [3.63, 3.8) is 0 Å². The van der Waals surface area contributed by atoms with E-state index in [0.29, 0.717) is 18.2 Å². The van der Waals surface area contributed by atoms with E-state index in [2.05, 4.69) is 26.3 Å². The molecule has 6 heteroatoms. The van der Waals surface area contributed by atoms with Gasteiger partial charge >= 0.3 is 0 Å². The number of rotatable bonds is 5. The van der Waals surface area contributed by atoms with E-state index >= 15 is 0 Å². The van der Waals surface area contributed by atoms with Gasteiger partial charge in [-0.05, 0) is 12.1 Å². The molecule has 2 aromatic rings. The molecule has 6 nitrogen and oxygen atoms in total. The van der Waals surface area contributed by atoms with Crippen molar-refractivity contribution >= 4 is 11.6 Å². The molecule has 0 radical (unpaired) electrons. The van der Waals surface area contributed by atoms with Crippen LogP contribution in [0.25, 0.3) is 0 Å². The summed E-state index contributed by atoms with van der Waals surface area (Å²) >= 11 is 0. The molecular weight excluding hydrogens is 240 g/mol. The molecular formula is C13H14N6. The molecule has 1 N–H and O–H groups in total. The fraction of sp³-hybridized carbons (Fsp3) is 0.231. The highest BCUT2D eigenvalue weighted by Gasteiger charge is 2.03. The molecule has 2 rings (SSSR count). The number of nitrogens with one attached hydrogen (secondary N) is 1. The predicted octanol–water partition coefficient (Wildman–Crippen LogP) is 1.44. The second-order valence-electron chi connectivity index (χ2n) is 3.95. The van der Waals surface area contributed by atoms with Gasteiger partial charge in [0, 0.05) is 19.3 Å². The third-order valence-electron chi connectivity index (χ3n) is 2.53. The second-order valence-corrected chi connectivity index (χ2v) is 3.95. The first kappa shape index (κ1) is 12.8. The van der Waals surface area contributed by atoms with E-state index in [9.17, 15) is 0 Å². The van der Waals surface area contributed by atoms with Crippen LogP contribution in [0.3, 0.4) is 0 Å². The van der Waals surface area contributed by atoms with Crippen LogP contribution in [-0.2, 0) is 6.54 Å². The third kappa shape index (κ3) is 3.64. The van der Waals surface area contributed by atoms with Crippen LogP contribution in [0.1, 0.15) is 5.69 Å². The van der Waals surface area contributed by atoms with Gasteiger partial charge in [-0.25, -0.2) is 9.97 Å². The number of hydrogen-bond acceptors (Lipinski definition) is 6. The van der Waals surface area contributed by atoms with Gasteiger partial charge in [0.25, 0.3) is 0 Å². The van der Waals surface area contributed by atoms with E-state index in [1.807, 2.05) is 25.2 Å². The molecule has 0 aliphatic carbocycles. The van der Waals surface area contributed by atoms with Gasteiger partial charge in [0.2, 0.25) is 0 Å². The van der Waals surface area contributed by atoms with Crippen molar-refractivity contribution in [2.45, 2.75) is 6.54 Å². The van der Waals surface area contributed by atoms with E-state index in [-0.39, 0.29) is 6.54 Å². The zero-order valence-corrected chi connectivity index (χ0v) is 10.6. The summed E-state index contributed by atoms with van der Waals surface area (Å²) in [5.41, 5.74) is 0.938. The largest absolute Gasteiger partial charge is 0.364 e. The number of hydrogen-bond donors (Lipinski definition) is 1. The van der Waals surface area contributed by atoms with Gasteiger partial charge in [-0.1, -0.05) is 6.07 Å². The molecule has 0 unspecified atom stereocenters. The first-order valence-corrected chi connectivity index (χ1v) is 5.83. The van der Waals surface area contributed by atoms with Gasteiger partial charge < -0.3 is 10.2 Å². The first-order chi connectivity index (χ1) is 9.29. The fourth-order valence-electron chi connectivity index (χ4n) is 1.52. The van der Waals surface area contributed by atoms with Crippen molar-refractivity contribution < 1.29 is 0 Å². The van der Waals surface area contributed by atoms with Gasteiger partial charge in [-0.15, -0.1) is 0 Å². The van der Waals surface area contributed by atoms with E-state index in [0.717, 1.165) is 5.69 Å². The van der Waals surface area contributed by atoms with Crippen LogP contribution in [0.15, 0.2) is 36.8 Å². The average Bonchev–Trinajstić information content (AvgIpc) is 2.47. The molecule has 0 atom stereocenters. The van der Waals surface area contributed by atoms with Crippen LogP contribution in [0, 0.1) is 11.3 Å². The number of pyridine rings is 1. The van der Waals surface area contributed by atoms with Crippen molar-refractivity contribution in [1.82, 2.24) is 15.0 Å². The van der Waals surface area contributed by atoms with Crippen LogP contribution in [0.2, 0.25) is 0 Å². The Bertz CT molecular complexity index is 563. The quantitative estimate of drug-likeness (QED) is 0.813. The van der Waals surface area contributed by atoms with Crippen LogP contribution < -0.4 is 10.2 Å². The van der Waals surface area contributed by atoms with Crippen molar-refractivity contribution in [1.29, 1.82) is 5.26 Å². The predicted molar refractivity (Wildman–Crippen MR) is 72.5 cm³/mol. The summed E-state index contributed by atoms with van der Waals surface area (Å²) < 4.78 is 0. The molecule has 0 fully saturated rings. The minimum Gasteiger partial charge on any atom is -0.364 e. The van der Waals surface area contributed by atoms with Crippen LogP contribution in [0.4, 0.5) is 11.6 Å².